The number of aromatic nitrogens is 2. The van der Waals surface area contributed by atoms with Gasteiger partial charge in [-0.25, -0.2) is 9.66 Å². The number of rotatable bonds is 4. The molecule has 0 aliphatic carbocycles. The van der Waals surface area contributed by atoms with Crippen molar-refractivity contribution in [2.75, 3.05) is 25.7 Å². The molecule has 0 aliphatic rings. The zero-order valence-corrected chi connectivity index (χ0v) is 11.0. The van der Waals surface area contributed by atoms with Crippen LogP contribution in [0.25, 0.3) is 11.0 Å². The van der Waals surface area contributed by atoms with Crippen molar-refractivity contribution in [2.24, 2.45) is 0 Å². The van der Waals surface area contributed by atoms with Gasteiger partial charge in [-0.2, -0.15) is 0 Å². The molecular formula is C12H16ClN3O. The van der Waals surface area contributed by atoms with E-state index in [0.29, 0.717) is 12.5 Å². The molecule has 92 valence electrons. The standard InChI is InChI=1S/C12H16ClN3O/c1-4-17-10-7-5-6-9-12(10)14-11(8-13)16(9)15(2)3/h5-7H,4,8H2,1-3H3. The zero-order chi connectivity index (χ0) is 12.4. The SMILES string of the molecule is CCOc1cccc2c1nc(CCl)n2N(C)C. The molecule has 0 saturated heterocycles. The van der Waals surface area contributed by atoms with E-state index in [4.69, 9.17) is 16.3 Å². The minimum absolute atomic E-state index is 0.373. The third-order valence-electron chi connectivity index (χ3n) is 2.51. The summed E-state index contributed by atoms with van der Waals surface area (Å²) in [6, 6.07) is 5.91. The molecule has 0 amide bonds. The van der Waals surface area contributed by atoms with Crippen molar-refractivity contribution in [3.8, 4) is 5.75 Å². The predicted octanol–water partition coefficient (Wildman–Crippen LogP) is 2.37. The third-order valence-corrected chi connectivity index (χ3v) is 2.75. The maximum atomic E-state index is 5.93. The minimum atomic E-state index is 0.373. The van der Waals surface area contributed by atoms with Gasteiger partial charge in [-0.1, -0.05) is 6.07 Å². The fraction of sp³-hybridized carbons (Fsp3) is 0.417. The average Bonchev–Trinajstić information content (AvgIpc) is 2.69. The van der Waals surface area contributed by atoms with Crippen LogP contribution in [0.5, 0.6) is 5.75 Å². The van der Waals surface area contributed by atoms with Gasteiger partial charge in [-0.3, -0.25) is 0 Å². The van der Waals surface area contributed by atoms with Crippen LogP contribution < -0.4 is 9.75 Å². The lowest BCUT2D eigenvalue weighted by Crippen LogP contribution is -2.26. The molecule has 0 unspecified atom stereocenters. The molecule has 1 heterocycles. The maximum Gasteiger partial charge on any atom is 0.147 e. The molecule has 0 saturated carbocycles. The van der Waals surface area contributed by atoms with Crippen LogP contribution in [0.2, 0.25) is 0 Å². The first-order valence-corrected chi connectivity index (χ1v) is 6.09. The van der Waals surface area contributed by atoms with Gasteiger partial charge >= 0.3 is 0 Å². The Hall–Kier alpha value is -1.42. The van der Waals surface area contributed by atoms with E-state index in [1.54, 1.807) is 0 Å². The van der Waals surface area contributed by atoms with Crippen LogP contribution in [0.3, 0.4) is 0 Å². The number of benzene rings is 1. The summed E-state index contributed by atoms with van der Waals surface area (Å²) in [4.78, 5) is 4.54. The van der Waals surface area contributed by atoms with Crippen molar-refractivity contribution >= 4 is 22.6 Å². The Morgan fingerprint density at radius 2 is 2.18 bits per heavy atom. The van der Waals surface area contributed by atoms with Gasteiger partial charge in [0, 0.05) is 14.1 Å². The summed E-state index contributed by atoms with van der Waals surface area (Å²) in [6.45, 7) is 2.59. The van der Waals surface area contributed by atoms with E-state index in [-0.39, 0.29) is 0 Å². The highest BCUT2D eigenvalue weighted by Gasteiger charge is 2.14. The molecule has 1 aromatic carbocycles. The topological polar surface area (TPSA) is 30.3 Å². The summed E-state index contributed by atoms with van der Waals surface area (Å²) in [5.41, 5.74) is 1.87. The Kier molecular flexibility index (Phi) is 3.43. The normalized spacial score (nSPS) is 10.8. The van der Waals surface area contributed by atoms with Gasteiger partial charge in [0.1, 0.15) is 17.1 Å². The lowest BCUT2D eigenvalue weighted by atomic mass is 10.3. The van der Waals surface area contributed by atoms with Gasteiger partial charge < -0.3 is 9.75 Å². The van der Waals surface area contributed by atoms with Gasteiger partial charge in [-0.05, 0) is 19.1 Å². The lowest BCUT2D eigenvalue weighted by molar-refractivity contribution is 0.343. The number of alkyl halides is 1. The molecule has 0 N–H and O–H groups in total. The quantitative estimate of drug-likeness (QED) is 0.784. The van der Waals surface area contributed by atoms with Gasteiger partial charge in [0.15, 0.2) is 0 Å². The molecule has 0 aliphatic heterocycles. The molecule has 2 aromatic rings. The number of fused-ring (bicyclic) bond motifs is 1. The molecule has 0 radical (unpaired) electrons. The van der Waals surface area contributed by atoms with Crippen molar-refractivity contribution < 1.29 is 4.74 Å². The van der Waals surface area contributed by atoms with E-state index >= 15 is 0 Å². The average molecular weight is 254 g/mol. The Labute approximate surface area is 106 Å². The molecular weight excluding hydrogens is 238 g/mol. The number of halogens is 1. The summed E-state index contributed by atoms with van der Waals surface area (Å²) in [7, 11) is 3.93. The molecule has 2 rings (SSSR count). The Morgan fingerprint density at radius 1 is 1.41 bits per heavy atom. The zero-order valence-electron chi connectivity index (χ0n) is 10.3. The Morgan fingerprint density at radius 3 is 2.76 bits per heavy atom. The van der Waals surface area contributed by atoms with Crippen LogP contribution in [0.1, 0.15) is 12.7 Å². The Balaban J connectivity index is 2.68. The second-order valence-electron chi connectivity index (χ2n) is 3.88. The van der Waals surface area contributed by atoms with E-state index in [1.807, 2.05) is 48.9 Å². The number of nitrogens with zero attached hydrogens (tertiary/aromatic N) is 3. The molecule has 4 nitrogen and oxygen atoms in total. The van der Waals surface area contributed by atoms with Gasteiger partial charge in [-0.15, -0.1) is 11.6 Å². The minimum Gasteiger partial charge on any atom is -0.492 e. The number of para-hydroxylation sites is 1. The highest BCUT2D eigenvalue weighted by molar-refractivity contribution is 6.16. The molecule has 1 aromatic heterocycles. The number of hydrogen-bond acceptors (Lipinski definition) is 3. The molecule has 0 fully saturated rings. The molecule has 0 atom stereocenters. The molecule has 0 bridgehead atoms. The highest BCUT2D eigenvalue weighted by Crippen LogP contribution is 2.26. The largest absolute Gasteiger partial charge is 0.492 e. The molecule has 5 heteroatoms. The van der Waals surface area contributed by atoms with Gasteiger partial charge in [0.2, 0.25) is 0 Å². The van der Waals surface area contributed by atoms with Crippen LogP contribution in [0.15, 0.2) is 18.2 Å². The van der Waals surface area contributed by atoms with E-state index in [9.17, 15) is 0 Å². The highest BCUT2D eigenvalue weighted by atomic mass is 35.5. The van der Waals surface area contributed by atoms with Crippen LogP contribution in [-0.4, -0.2) is 30.4 Å². The Bertz CT molecular complexity index is 522. The third kappa shape index (κ3) is 2.05. The summed E-state index contributed by atoms with van der Waals surface area (Å²) in [5, 5.41) is 1.96. The fourth-order valence-corrected chi connectivity index (χ4v) is 2.09. The van der Waals surface area contributed by atoms with E-state index < -0.39 is 0 Å². The van der Waals surface area contributed by atoms with E-state index in [0.717, 1.165) is 22.6 Å². The van der Waals surface area contributed by atoms with Crippen molar-refractivity contribution in [1.82, 2.24) is 9.66 Å². The number of imidazole rings is 1. The van der Waals surface area contributed by atoms with Crippen molar-refractivity contribution in [2.45, 2.75) is 12.8 Å². The smallest absolute Gasteiger partial charge is 0.147 e. The number of hydrogen-bond donors (Lipinski definition) is 0. The van der Waals surface area contributed by atoms with Crippen LogP contribution in [0, 0.1) is 0 Å². The van der Waals surface area contributed by atoms with Gasteiger partial charge in [0.05, 0.1) is 18.0 Å². The van der Waals surface area contributed by atoms with Crippen LogP contribution in [0.4, 0.5) is 0 Å². The first-order valence-electron chi connectivity index (χ1n) is 5.55. The number of ether oxygens (including phenoxy) is 1. The lowest BCUT2D eigenvalue weighted by Gasteiger charge is -2.17. The van der Waals surface area contributed by atoms with Gasteiger partial charge in [0.25, 0.3) is 0 Å². The summed E-state index contributed by atoms with van der Waals surface area (Å²) >= 11 is 5.93. The second kappa shape index (κ2) is 4.84. The van der Waals surface area contributed by atoms with Crippen molar-refractivity contribution in [3.63, 3.8) is 0 Å². The first kappa shape index (κ1) is 12.0. The predicted molar refractivity (Wildman–Crippen MR) is 70.5 cm³/mol. The first-order chi connectivity index (χ1) is 8.19. The summed E-state index contributed by atoms with van der Waals surface area (Å²) in [5.74, 6) is 1.99. The van der Waals surface area contributed by atoms with Crippen LogP contribution in [-0.2, 0) is 5.88 Å². The summed E-state index contributed by atoms with van der Waals surface area (Å²) < 4.78 is 7.57. The van der Waals surface area contributed by atoms with E-state index in [2.05, 4.69) is 4.98 Å². The monoisotopic (exact) mass is 253 g/mol. The fourth-order valence-electron chi connectivity index (χ4n) is 1.91. The van der Waals surface area contributed by atoms with E-state index in [1.165, 1.54) is 0 Å². The second-order valence-corrected chi connectivity index (χ2v) is 4.14. The van der Waals surface area contributed by atoms with Crippen LogP contribution >= 0.6 is 11.6 Å². The molecule has 0 spiro atoms. The van der Waals surface area contributed by atoms with Crippen molar-refractivity contribution in [3.05, 3.63) is 24.0 Å². The maximum absolute atomic E-state index is 5.93. The molecule has 17 heavy (non-hydrogen) atoms. The summed E-state index contributed by atoms with van der Waals surface area (Å²) in [6.07, 6.45) is 0. The van der Waals surface area contributed by atoms with Crippen molar-refractivity contribution in [1.29, 1.82) is 0 Å².